The fourth-order valence-electron chi connectivity index (χ4n) is 3.91. The van der Waals surface area contributed by atoms with Gasteiger partial charge in [-0.15, -0.1) is 11.3 Å². The molecule has 1 saturated heterocycles. The maximum atomic E-state index is 12.8. The van der Waals surface area contributed by atoms with Crippen LogP contribution in [0, 0.1) is 5.92 Å². The van der Waals surface area contributed by atoms with E-state index in [2.05, 4.69) is 20.4 Å². The number of nitrogens with one attached hydrogen (secondary N) is 1. The van der Waals surface area contributed by atoms with Gasteiger partial charge in [-0.3, -0.25) is 9.69 Å². The number of benzene rings is 1. The van der Waals surface area contributed by atoms with Crippen molar-refractivity contribution in [3.63, 3.8) is 0 Å². The molecular formula is C23H28N4O4S. The number of likely N-dealkylation sites (tertiary alicyclic amines) is 1. The molecule has 1 N–H and O–H groups in total. The Labute approximate surface area is 191 Å². The Balaban J connectivity index is 1.27. The zero-order valence-electron chi connectivity index (χ0n) is 18.5. The molecule has 3 aromatic rings. The van der Waals surface area contributed by atoms with Gasteiger partial charge in [0, 0.05) is 5.92 Å². The van der Waals surface area contributed by atoms with E-state index < -0.39 is 0 Å². The molecule has 1 atom stereocenters. The minimum absolute atomic E-state index is 0.00166. The Morgan fingerprint density at radius 2 is 2.03 bits per heavy atom. The van der Waals surface area contributed by atoms with Gasteiger partial charge in [0.05, 0.1) is 31.7 Å². The van der Waals surface area contributed by atoms with E-state index in [0.29, 0.717) is 29.8 Å². The molecule has 0 radical (unpaired) electrons. The van der Waals surface area contributed by atoms with Crippen LogP contribution >= 0.6 is 11.3 Å². The van der Waals surface area contributed by atoms with Crippen molar-refractivity contribution in [2.45, 2.75) is 32.4 Å². The summed E-state index contributed by atoms with van der Waals surface area (Å²) in [6.07, 6.45) is 1.60. The van der Waals surface area contributed by atoms with E-state index in [1.54, 1.807) is 25.6 Å². The normalized spacial score (nSPS) is 16.0. The summed E-state index contributed by atoms with van der Waals surface area (Å²) in [7, 11) is 3.21. The molecule has 3 heterocycles. The Hall–Kier alpha value is -2.91. The SMILES string of the molecule is COc1ccc(C(C)NC(=O)C2CCN(Cc3nc(-c4cccs4)no3)CC2)cc1OC. The van der Waals surface area contributed by atoms with Crippen molar-refractivity contribution < 1.29 is 18.8 Å². The van der Waals surface area contributed by atoms with Crippen LogP contribution in [0.25, 0.3) is 10.7 Å². The first-order valence-electron chi connectivity index (χ1n) is 10.7. The van der Waals surface area contributed by atoms with Gasteiger partial charge in [0.1, 0.15) is 0 Å². The second-order valence-corrected chi connectivity index (χ2v) is 8.83. The number of aromatic nitrogens is 2. The maximum absolute atomic E-state index is 12.8. The van der Waals surface area contributed by atoms with Gasteiger partial charge in [0.2, 0.25) is 17.6 Å². The topological polar surface area (TPSA) is 89.7 Å². The summed E-state index contributed by atoms with van der Waals surface area (Å²) < 4.78 is 16.1. The highest BCUT2D eigenvalue weighted by Gasteiger charge is 2.27. The molecule has 1 aliphatic heterocycles. The molecule has 2 aromatic heterocycles. The average molecular weight is 457 g/mol. The number of ether oxygens (including phenoxy) is 2. The van der Waals surface area contributed by atoms with Gasteiger partial charge in [-0.2, -0.15) is 4.98 Å². The number of methoxy groups -OCH3 is 2. The van der Waals surface area contributed by atoms with E-state index in [1.807, 2.05) is 42.6 Å². The third-order valence-electron chi connectivity index (χ3n) is 5.79. The molecule has 170 valence electrons. The number of thiophene rings is 1. The van der Waals surface area contributed by atoms with Crippen LogP contribution in [-0.2, 0) is 11.3 Å². The summed E-state index contributed by atoms with van der Waals surface area (Å²) in [6, 6.07) is 9.54. The number of amides is 1. The van der Waals surface area contributed by atoms with Crippen LogP contribution in [-0.4, -0.2) is 48.3 Å². The molecule has 9 heteroatoms. The zero-order valence-corrected chi connectivity index (χ0v) is 19.4. The molecule has 1 aromatic carbocycles. The molecular weight excluding hydrogens is 428 g/mol. The van der Waals surface area contributed by atoms with Crippen molar-refractivity contribution in [1.29, 1.82) is 0 Å². The number of carbonyl (C=O) groups excluding carboxylic acids is 1. The van der Waals surface area contributed by atoms with E-state index in [-0.39, 0.29) is 17.9 Å². The summed E-state index contributed by atoms with van der Waals surface area (Å²) in [6.45, 7) is 4.23. The van der Waals surface area contributed by atoms with Crippen LogP contribution < -0.4 is 14.8 Å². The van der Waals surface area contributed by atoms with E-state index in [1.165, 1.54) is 0 Å². The van der Waals surface area contributed by atoms with Crippen molar-refractivity contribution >= 4 is 17.2 Å². The highest BCUT2D eigenvalue weighted by atomic mass is 32.1. The third-order valence-corrected chi connectivity index (χ3v) is 6.66. The molecule has 0 bridgehead atoms. The lowest BCUT2D eigenvalue weighted by molar-refractivity contribution is -0.127. The standard InChI is InChI=1S/C23H28N4O4S/c1-15(17-6-7-18(29-2)19(13-17)30-3)24-23(28)16-8-10-27(11-9-16)14-21-25-22(26-31-21)20-5-4-12-32-20/h4-7,12-13,15-16H,8-11,14H2,1-3H3,(H,24,28). The van der Waals surface area contributed by atoms with Crippen LogP contribution in [0.4, 0.5) is 0 Å². The van der Waals surface area contributed by atoms with E-state index in [4.69, 9.17) is 14.0 Å². The smallest absolute Gasteiger partial charge is 0.241 e. The van der Waals surface area contributed by atoms with Crippen molar-refractivity contribution in [1.82, 2.24) is 20.4 Å². The van der Waals surface area contributed by atoms with Crippen molar-refractivity contribution in [3.05, 3.63) is 47.2 Å². The first-order chi connectivity index (χ1) is 15.6. The summed E-state index contributed by atoms with van der Waals surface area (Å²) in [4.78, 5) is 20.6. The summed E-state index contributed by atoms with van der Waals surface area (Å²) >= 11 is 1.59. The zero-order chi connectivity index (χ0) is 22.5. The van der Waals surface area contributed by atoms with Gasteiger partial charge in [-0.1, -0.05) is 17.3 Å². The quantitative estimate of drug-likeness (QED) is 0.550. The summed E-state index contributed by atoms with van der Waals surface area (Å²) in [5, 5.41) is 9.21. The van der Waals surface area contributed by atoms with Gasteiger partial charge in [0.25, 0.3) is 0 Å². The molecule has 1 amide bonds. The lowest BCUT2D eigenvalue weighted by Gasteiger charge is -2.31. The Kier molecular flexibility index (Phi) is 7.06. The number of hydrogen-bond donors (Lipinski definition) is 1. The first-order valence-corrected chi connectivity index (χ1v) is 11.6. The molecule has 8 nitrogen and oxygen atoms in total. The Bertz CT molecular complexity index is 1030. The second kappa shape index (κ2) is 10.1. The van der Waals surface area contributed by atoms with Crippen LogP contribution in [0.3, 0.4) is 0 Å². The number of nitrogens with zero attached hydrogens (tertiary/aromatic N) is 3. The van der Waals surface area contributed by atoms with Gasteiger partial charge in [-0.25, -0.2) is 0 Å². The molecule has 32 heavy (non-hydrogen) atoms. The summed E-state index contributed by atoms with van der Waals surface area (Å²) in [5.41, 5.74) is 0.978. The summed E-state index contributed by atoms with van der Waals surface area (Å²) in [5.74, 6) is 2.66. The fourth-order valence-corrected chi connectivity index (χ4v) is 4.56. The lowest BCUT2D eigenvalue weighted by atomic mass is 9.95. The molecule has 1 unspecified atom stereocenters. The monoisotopic (exact) mass is 456 g/mol. The van der Waals surface area contributed by atoms with Crippen molar-refractivity contribution in [2.75, 3.05) is 27.3 Å². The van der Waals surface area contributed by atoms with Crippen LogP contribution in [0.1, 0.15) is 37.3 Å². The van der Waals surface area contributed by atoms with Gasteiger partial charge in [0.15, 0.2) is 11.5 Å². The lowest BCUT2D eigenvalue weighted by Crippen LogP contribution is -2.40. The minimum Gasteiger partial charge on any atom is -0.493 e. The maximum Gasteiger partial charge on any atom is 0.241 e. The number of rotatable bonds is 8. The molecule has 1 aliphatic rings. The number of carbonyl (C=O) groups is 1. The van der Waals surface area contributed by atoms with E-state index in [0.717, 1.165) is 36.4 Å². The van der Waals surface area contributed by atoms with Crippen LogP contribution in [0.15, 0.2) is 40.2 Å². The molecule has 0 aliphatic carbocycles. The first kappa shape index (κ1) is 22.3. The van der Waals surface area contributed by atoms with Crippen LogP contribution in [0.2, 0.25) is 0 Å². The van der Waals surface area contributed by atoms with Gasteiger partial charge in [-0.05, 0) is 62.0 Å². The highest BCUT2D eigenvalue weighted by molar-refractivity contribution is 7.13. The fraction of sp³-hybridized carbons (Fsp3) is 0.435. The van der Waals surface area contributed by atoms with Crippen molar-refractivity contribution in [2.24, 2.45) is 5.92 Å². The predicted molar refractivity (Wildman–Crippen MR) is 122 cm³/mol. The molecule has 1 fully saturated rings. The van der Waals surface area contributed by atoms with E-state index in [9.17, 15) is 4.79 Å². The van der Waals surface area contributed by atoms with Crippen LogP contribution in [0.5, 0.6) is 11.5 Å². The third kappa shape index (κ3) is 5.11. The highest BCUT2D eigenvalue weighted by Crippen LogP contribution is 2.30. The molecule has 0 spiro atoms. The molecule has 4 rings (SSSR count). The number of piperidine rings is 1. The predicted octanol–water partition coefficient (Wildman–Crippen LogP) is 3.90. The van der Waals surface area contributed by atoms with E-state index >= 15 is 0 Å². The van der Waals surface area contributed by atoms with Gasteiger partial charge >= 0.3 is 0 Å². The minimum atomic E-state index is -0.116. The van der Waals surface area contributed by atoms with Crippen molar-refractivity contribution in [3.8, 4) is 22.2 Å². The largest absolute Gasteiger partial charge is 0.493 e. The average Bonchev–Trinajstić information content (AvgIpc) is 3.51. The Morgan fingerprint density at radius 3 is 2.72 bits per heavy atom. The second-order valence-electron chi connectivity index (χ2n) is 7.88. The molecule has 0 saturated carbocycles. The Morgan fingerprint density at radius 1 is 1.25 bits per heavy atom. The number of hydrogen-bond acceptors (Lipinski definition) is 8. The van der Waals surface area contributed by atoms with Gasteiger partial charge < -0.3 is 19.3 Å².